The van der Waals surface area contributed by atoms with Crippen molar-refractivity contribution in [3.63, 3.8) is 0 Å². The first-order chi connectivity index (χ1) is 13.3. The van der Waals surface area contributed by atoms with Gasteiger partial charge in [-0.15, -0.1) is 5.10 Å². The van der Waals surface area contributed by atoms with Gasteiger partial charge < -0.3 is 10.1 Å². The first-order valence-electron chi connectivity index (χ1n) is 9.01. The SMILES string of the molecule is Cc1ccc(NC(=O)COc2ccc(=O)n(-c3ccc(C)c(C)c3)n2)c(C)c1. The highest BCUT2D eigenvalue weighted by atomic mass is 16.5. The van der Waals surface area contributed by atoms with E-state index in [4.69, 9.17) is 4.74 Å². The van der Waals surface area contributed by atoms with E-state index >= 15 is 0 Å². The number of aryl methyl sites for hydroxylation is 4. The number of aromatic nitrogens is 2. The summed E-state index contributed by atoms with van der Waals surface area (Å²) in [7, 11) is 0. The molecule has 3 aromatic rings. The number of carbonyl (C=O) groups is 1. The summed E-state index contributed by atoms with van der Waals surface area (Å²) in [6.07, 6.45) is 0. The normalized spacial score (nSPS) is 10.6. The zero-order valence-electron chi connectivity index (χ0n) is 16.4. The lowest BCUT2D eigenvalue weighted by Gasteiger charge is -2.11. The maximum absolute atomic E-state index is 12.2. The lowest BCUT2D eigenvalue weighted by atomic mass is 10.1. The summed E-state index contributed by atoms with van der Waals surface area (Å²) in [6, 6.07) is 14.3. The maximum atomic E-state index is 12.2. The Hall–Kier alpha value is -3.41. The molecule has 0 unspecified atom stereocenters. The summed E-state index contributed by atoms with van der Waals surface area (Å²) < 4.78 is 6.76. The van der Waals surface area contributed by atoms with Crippen LogP contribution in [0.4, 0.5) is 5.69 Å². The predicted octanol–water partition coefficient (Wildman–Crippen LogP) is 3.48. The van der Waals surface area contributed by atoms with E-state index in [0.29, 0.717) is 5.69 Å². The molecule has 1 aromatic heterocycles. The van der Waals surface area contributed by atoms with Crippen LogP contribution in [0.1, 0.15) is 22.3 Å². The molecule has 6 nitrogen and oxygen atoms in total. The van der Waals surface area contributed by atoms with Crippen molar-refractivity contribution < 1.29 is 9.53 Å². The fourth-order valence-electron chi connectivity index (χ4n) is 2.79. The minimum Gasteiger partial charge on any atom is -0.467 e. The van der Waals surface area contributed by atoms with E-state index in [0.717, 1.165) is 27.9 Å². The molecular weight excluding hydrogens is 354 g/mol. The van der Waals surface area contributed by atoms with Crippen molar-refractivity contribution in [2.75, 3.05) is 11.9 Å². The number of benzene rings is 2. The van der Waals surface area contributed by atoms with Gasteiger partial charge in [-0.05, 0) is 62.6 Å². The Labute approximate surface area is 163 Å². The second kappa shape index (κ2) is 8.08. The number of hydrogen-bond acceptors (Lipinski definition) is 4. The molecule has 28 heavy (non-hydrogen) atoms. The molecule has 0 saturated carbocycles. The molecule has 144 valence electrons. The molecule has 2 aromatic carbocycles. The molecule has 0 spiro atoms. The second-order valence-corrected chi connectivity index (χ2v) is 6.85. The van der Waals surface area contributed by atoms with E-state index in [9.17, 15) is 9.59 Å². The number of anilines is 1. The number of nitrogens with one attached hydrogen (secondary N) is 1. The summed E-state index contributed by atoms with van der Waals surface area (Å²) in [5.74, 6) is -0.0914. The molecule has 0 fully saturated rings. The molecule has 1 amide bonds. The largest absolute Gasteiger partial charge is 0.467 e. The first-order valence-corrected chi connectivity index (χ1v) is 9.01. The van der Waals surface area contributed by atoms with Crippen LogP contribution < -0.4 is 15.6 Å². The van der Waals surface area contributed by atoms with Crippen molar-refractivity contribution in [1.29, 1.82) is 0 Å². The van der Waals surface area contributed by atoms with E-state index in [2.05, 4.69) is 10.4 Å². The quantitative estimate of drug-likeness (QED) is 0.739. The maximum Gasteiger partial charge on any atom is 0.271 e. The number of hydrogen-bond donors (Lipinski definition) is 1. The van der Waals surface area contributed by atoms with Gasteiger partial charge in [0.05, 0.1) is 5.69 Å². The van der Waals surface area contributed by atoms with Crippen molar-refractivity contribution in [2.24, 2.45) is 0 Å². The van der Waals surface area contributed by atoms with Crippen LogP contribution >= 0.6 is 0 Å². The van der Waals surface area contributed by atoms with Gasteiger partial charge in [-0.25, -0.2) is 0 Å². The Morgan fingerprint density at radius 3 is 2.46 bits per heavy atom. The molecule has 0 radical (unpaired) electrons. The van der Waals surface area contributed by atoms with E-state index in [1.165, 1.54) is 16.8 Å². The molecule has 1 N–H and O–H groups in total. The molecule has 3 rings (SSSR count). The number of amides is 1. The monoisotopic (exact) mass is 377 g/mol. The van der Waals surface area contributed by atoms with Gasteiger partial charge in [0.2, 0.25) is 5.88 Å². The predicted molar refractivity (Wildman–Crippen MR) is 109 cm³/mol. The number of ether oxygens (including phenoxy) is 1. The third-order valence-electron chi connectivity index (χ3n) is 4.52. The van der Waals surface area contributed by atoms with E-state index in [-0.39, 0.29) is 24.0 Å². The Bertz CT molecular complexity index is 1090. The molecule has 0 aliphatic carbocycles. The molecule has 6 heteroatoms. The summed E-state index contributed by atoms with van der Waals surface area (Å²) in [5, 5.41) is 7.04. The molecule has 0 atom stereocenters. The first kappa shape index (κ1) is 19.4. The van der Waals surface area contributed by atoms with Crippen LogP contribution in [0.25, 0.3) is 5.69 Å². The Morgan fingerprint density at radius 2 is 1.75 bits per heavy atom. The fraction of sp³-hybridized carbons (Fsp3) is 0.227. The number of rotatable bonds is 5. The smallest absolute Gasteiger partial charge is 0.271 e. The number of carbonyl (C=O) groups excluding carboxylic acids is 1. The standard InChI is InChI=1S/C22H23N3O3/c1-14-5-8-19(17(4)11-14)23-20(26)13-28-21-9-10-22(27)25(24-21)18-7-6-15(2)16(3)12-18/h5-12H,13H2,1-4H3,(H,23,26). The van der Waals surface area contributed by atoms with Crippen LogP contribution in [0.15, 0.2) is 53.3 Å². The van der Waals surface area contributed by atoms with Crippen molar-refractivity contribution in [2.45, 2.75) is 27.7 Å². The average molecular weight is 377 g/mol. The summed E-state index contributed by atoms with van der Waals surface area (Å²) in [6.45, 7) is 7.71. The van der Waals surface area contributed by atoms with Crippen LogP contribution in [0, 0.1) is 27.7 Å². The van der Waals surface area contributed by atoms with E-state index in [1.807, 2.05) is 64.1 Å². The molecule has 1 heterocycles. The van der Waals surface area contributed by atoms with Gasteiger partial charge in [0.1, 0.15) is 0 Å². The third-order valence-corrected chi connectivity index (χ3v) is 4.52. The van der Waals surface area contributed by atoms with Gasteiger partial charge in [0.25, 0.3) is 11.5 Å². The second-order valence-electron chi connectivity index (χ2n) is 6.85. The van der Waals surface area contributed by atoms with Crippen LogP contribution in [0.3, 0.4) is 0 Å². The van der Waals surface area contributed by atoms with Crippen molar-refractivity contribution >= 4 is 11.6 Å². The van der Waals surface area contributed by atoms with Gasteiger partial charge in [-0.3, -0.25) is 9.59 Å². The molecular formula is C22H23N3O3. The van der Waals surface area contributed by atoms with Gasteiger partial charge >= 0.3 is 0 Å². The average Bonchev–Trinajstić information content (AvgIpc) is 2.66. The lowest BCUT2D eigenvalue weighted by molar-refractivity contribution is -0.118. The van der Waals surface area contributed by atoms with E-state index in [1.54, 1.807) is 0 Å². The minimum absolute atomic E-state index is 0.202. The van der Waals surface area contributed by atoms with Crippen LogP contribution in [-0.2, 0) is 4.79 Å². The van der Waals surface area contributed by atoms with Gasteiger partial charge in [0, 0.05) is 17.8 Å². The highest BCUT2D eigenvalue weighted by Crippen LogP contribution is 2.16. The highest BCUT2D eigenvalue weighted by Gasteiger charge is 2.09. The lowest BCUT2D eigenvalue weighted by Crippen LogP contribution is -2.24. The third kappa shape index (κ3) is 4.46. The topological polar surface area (TPSA) is 73.2 Å². The van der Waals surface area contributed by atoms with Crippen molar-refractivity contribution in [3.05, 3.63) is 81.1 Å². The fourth-order valence-corrected chi connectivity index (χ4v) is 2.79. The van der Waals surface area contributed by atoms with E-state index < -0.39 is 0 Å². The van der Waals surface area contributed by atoms with Gasteiger partial charge in [-0.1, -0.05) is 23.8 Å². The van der Waals surface area contributed by atoms with Gasteiger partial charge in [0.15, 0.2) is 6.61 Å². The summed E-state index contributed by atoms with van der Waals surface area (Å²) in [4.78, 5) is 24.4. The Balaban J connectivity index is 1.71. The highest BCUT2D eigenvalue weighted by molar-refractivity contribution is 5.92. The molecule has 0 bridgehead atoms. The minimum atomic E-state index is -0.294. The van der Waals surface area contributed by atoms with Gasteiger partial charge in [-0.2, -0.15) is 4.68 Å². The number of nitrogens with zero attached hydrogens (tertiary/aromatic N) is 2. The molecule has 0 aliphatic heterocycles. The molecule has 0 saturated heterocycles. The Kier molecular flexibility index (Phi) is 5.59. The van der Waals surface area contributed by atoms with Crippen LogP contribution in [-0.4, -0.2) is 22.3 Å². The van der Waals surface area contributed by atoms with Crippen LogP contribution in [0.2, 0.25) is 0 Å². The summed E-state index contributed by atoms with van der Waals surface area (Å²) in [5.41, 5.74) is 5.43. The summed E-state index contributed by atoms with van der Waals surface area (Å²) >= 11 is 0. The molecule has 0 aliphatic rings. The van der Waals surface area contributed by atoms with Crippen molar-refractivity contribution in [1.82, 2.24) is 9.78 Å². The van der Waals surface area contributed by atoms with Crippen LogP contribution in [0.5, 0.6) is 5.88 Å². The van der Waals surface area contributed by atoms with Crippen molar-refractivity contribution in [3.8, 4) is 11.6 Å². The zero-order valence-corrected chi connectivity index (χ0v) is 16.4. The zero-order chi connectivity index (χ0) is 20.3. The Morgan fingerprint density at radius 1 is 0.964 bits per heavy atom.